The predicted molar refractivity (Wildman–Crippen MR) is 60.6 cm³/mol. The van der Waals surface area contributed by atoms with Crippen LogP contribution < -0.4 is 0 Å². The van der Waals surface area contributed by atoms with Gasteiger partial charge in [-0.15, -0.1) is 0 Å². The van der Waals surface area contributed by atoms with Gasteiger partial charge in [-0.1, -0.05) is 20.8 Å². The highest BCUT2D eigenvalue weighted by Gasteiger charge is 2.49. The smallest absolute Gasteiger partial charge is 0.227 e. The number of carbonyl (C=O) groups is 1. The van der Waals surface area contributed by atoms with Crippen LogP contribution in [0.25, 0.3) is 0 Å². The first kappa shape index (κ1) is 10.9. The van der Waals surface area contributed by atoms with E-state index in [0.29, 0.717) is 11.3 Å². The van der Waals surface area contributed by atoms with E-state index in [1.807, 2.05) is 25.7 Å². The summed E-state index contributed by atoms with van der Waals surface area (Å²) in [7, 11) is 2.17. The summed E-state index contributed by atoms with van der Waals surface area (Å²) in [6.45, 7) is 10.3. The van der Waals surface area contributed by atoms with Crippen LogP contribution in [0.5, 0.6) is 0 Å². The van der Waals surface area contributed by atoms with Gasteiger partial charge in [-0.2, -0.15) is 0 Å². The standard InChI is InChI=1S/C12H22N2O/c1-11(2,3)10(15)14-8-12(9-14)5-6-13(4)7-12/h5-9H2,1-4H3. The van der Waals surface area contributed by atoms with Gasteiger partial charge in [0, 0.05) is 30.5 Å². The zero-order valence-electron chi connectivity index (χ0n) is 10.3. The van der Waals surface area contributed by atoms with Gasteiger partial charge in [0.1, 0.15) is 0 Å². The monoisotopic (exact) mass is 210 g/mol. The number of amides is 1. The van der Waals surface area contributed by atoms with Crippen LogP contribution in [0.2, 0.25) is 0 Å². The average Bonchev–Trinajstić information content (AvgIpc) is 2.42. The molecule has 0 unspecified atom stereocenters. The third-order valence-electron chi connectivity index (χ3n) is 3.61. The number of hydrogen-bond acceptors (Lipinski definition) is 2. The summed E-state index contributed by atoms with van der Waals surface area (Å²) in [5, 5.41) is 0. The number of hydrogen-bond donors (Lipinski definition) is 0. The molecule has 0 atom stereocenters. The van der Waals surface area contributed by atoms with Gasteiger partial charge in [0.25, 0.3) is 0 Å². The summed E-state index contributed by atoms with van der Waals surface area (Å²) < 4.78 is 0. The van der Waals surface area contributed by atoms with E-state index < -0.39 is 0 Å². The molecule has 2 rings (SSSR count). The van der Waals surface area contributed by atoms with Crippen molar-refractivity contribution in [1.82, 2.24) is 9.80 Å². The van der Waals surface area contributed by atoms with Crippen LogP contribution in [-0.4, -0.2) is 48.9 Å². The lowest BCUT2D eigenvalue weighted by Crippen LogP contribution is -2.61. The lowest BCUT2D eigenvalue weighted by atomic mass is 9.77. The Hall–Kier alpha value is -0.570. The van der Waals surface area contributed by atoms with Gasteiger partial charge in [0.2, 0.25) is 5.91 Å². The molecule has 0 aliphatic carbocycles. The summed E-state index contributed by atoms with van der Waals surface area (Å²) >= 11 is 0. The second kappa shape index (κ2) is 3.21. The Labute approximate surface area is 92.4 Å². The Bertz CT molecular complexity index is 274. The van der Waals surface area contributed by atoms with E-state index in [9.17, 15) is 4.79 Å². The Morgan fingerprint density at radius 1 is 1.20 bits per heavy atom. The summed E-state index contributed by atoms with van der Waals surface area (Å²) in [4.78, 5) is 16.4. The first-order chi connectivity index (χ1) is 6.82. The van der Waals surface area contributed by atoms with Crippen LogP contribution in [-0.2, 0) is 4.79 Å². The highest BCUT2D eigenvalue weighted by molar-refractivity contribution is 5.82. The number of rotatable bonds is 0. The first-order valence-electron chi connectivity index (χ1n) is 5.80. The lowest BCUT2D eigenvalue weighted by molar-refractivity contribution is -0.151. The van der Waals surface area contributed by atoms with Crippen LogP contribution in [0.15, 0.2) is 0 Å². The normalized spacial score (nSPS) is 25.7. The lowest BCUT2D eigenvalue weighted by Gasteiger charge is -2.50. The van der Waals surface area contributed by atoms with E-state index in [2.05, 4.69) is 11.9 Å². The molecule has 15 heavy (non-hydrogen) atoms. The fourth-order valence-corrected chi connectivity index (χ4v) is 2.80. The van der Waals surface area contributed by atoms with Gasteiger partial charge in [0.05, 0.1) is 0 Å². The summed E-state index contributed by atoms with van der Waals surface area (Å²) in [6.07, 6.45) is 1.26. The molecule has 86 valence electrons. The molecule has 2 aliphatic heterocycles. The van der Waals surface area contributed by atoms with Crippen molar-refractivity contribution in [3.8, 4) is 0 Å². The van der Waals surface area contributed by atoms with Crippen LogP contribution in [0.4, 0.5) is 0 Å². The van der Waals surface area contributed by atoms with Crippen molar-refractivity contribution >= 4 is 5.91 Å². The Kier molecular flexibility index (Phi) is 2.34. The van der Waals surface area contributed by atoms with Gasteiger partial charge in [-0.3, -0.25) is 4.79 Å². The molecule has 1 spiro atoms. The van der Waals surface area contributed by atoms with E-state index in [1.54, 1.807) is 0 Å². The van der Waals surface area contributed by atoms with Crippen molar-refractivity contribution < 1.29 is 4.79 Å². The molecule has 0 aromatic heterocycles. The number of carbonyl (C=O) groups excluding carboxylic acids is 1. The molecule has 3 heteroatoms. The third-order valence-corrected chi connectivity index (χ3v) is 3.61. The van der Waals surface area contributed by atoms with Gasteiger partial charge in [-0.05, 0) is 20.0 Å². The first-order valence-corrected chi connectivity index (χ1v) is 5.80. The van der Waals surface area contributed by atoms with Gasteiger partial charge < -0.3 is 9.80 Å². The van der Waals surface area contributed by atoms with Crippen LogP contribution >= 0.6 is 0 Å². The molecule has 3 nitrogen and oxygen atoms in total. The predicted octanol–water partition coefficient (Wildman–Crippen LogP) is 1.20. The largest absolute Gasteiger partial charge is 0.341 e. The number of nitrogens with zero attached hydrogens (tertiary/aromatic N) is 2. The van der Waals surface area contributed by atoms with Crippen LogP contribution in [0.3, 0.4) is 0 Å². The minimum atomic E-state index is -0.216. The highest BCUT2D eigenvalue weighted by atomic mass is 16.2. The molecule has 2 heterocycles. The van der Waals surface area contributed by atoms with E-state index in [4.69, 9.17) is 0 Å². The van der Waals surface area contributed by atoms with Gasteiger partial charge >= 0.3 is 0 Å². The Morgan fingerprint density at radius 2 is 1.80 bits per heavy atom. The minimum absolute atomic E-state index is 0.216. The zero-order valence-corrected chi connectivity index (χ0v) is 10.3. The molecule has 0 aromatic carbocycles. The third kappa shape index (κ3) is 1.89. The minimum Gasteiger partial charge on any atom is -0.341 e. The van der Waals surface area contributed by atoms with Crippen molar-refractivity contribution in [3.05, 3.63) is 0 Å². The van der Waals surface area contributed by atoms with E-state index in [-0.39, 0.29) is 5.41 Å². The molecular formula is C12H22N2O. The topological polar surface area (TPSA) is 23.6 Å². The fraction of sp³-hybridized carbons (Fsp3) is 0.917. The Morgan fingerprint density at radius 3 is 2.20 bits per heavy atom. The fourth-order valence-electron chi connectivity index (χ4n) is 2.80. The maximum atomic E-state index is 12.0. The van der Waals surface area contributed by atoms with Gasteiger partial charge in [0.15, 0.2) is 0 Å². The Balaban J connectivity index is 1.91. The molecular weight excluding hydrogens is 188 g/mol. The second-order valence-corrected chi connectivity index (χ2v) is 6.40. The summed E-state index contributed by atoms with van der Waals surface area (Å²) in [6, 6.07) is 0. The van der Waals surface area contributed by atoms with Crippen molar-refractivity contribution in [2.75, 3.05) is 33.2 Å². The van der Waals surface area contributed by atoms with Crippen LogP contribution in [0, 0.1) is 10.8 Å². The molecule has 0 N–H and O–H groups in total. The molecule has 0 saturated carbocycles. The van der Waals surface area contributed by atoms with Crippen molar-refractivity contribution in [1.29, 1.82) is 0 Å². The molecule has 1 amide bonds. The van der Waals surface area contributed by atoms with E-state index in [0.717, 1.165) is 13.1 Å². The molecule has 2 fully saturated rings. The quantitative estimate of drug-likeness (QED) is 0.600. The molecule has 0 bridgehead atoms. The summed E-state index contributed by atoms with van der Waals surface area (Å²) in [5.41, 5.74) is 0.224. The second-order valence-electron chi connectivity index (χ2n) is 6.40. The van der Waals surface area contributed by atoms with E-state index >= 15 is 0 Å². The van der Waals surface area contributed by atoms with Crippen molar-refractivity contribution in [3.63, 3.8) is 0 Å². The van der Waals surface area contributed by atoms with E-state index in [1.165, 1.54) is 19.5 Å². The van der Waals surface area contributed by atoms with Crippen molar-refractivity contribution in [2.24, 2.45) is 10.8 Å². The molecule has 2 aliphatic rings. The molecule has 2 saturated heterocycles. The highest BCUT2D eigenvalue weighted by Crippen LogP contribution is 2.40. The zero-order chi connectivity index (χ0) is 11.3. The molecule has 0 radical (unpaired) electrons. The van der Waals surface area contributed by atoms with Crippen molar-refractivity contribution in [2.45, 2.75) is 27.2 Å². The average molecular weight is 210 g/mol. The maximum Gasteiger partial charge on any atom is 0.227 e. The maximum absolute atomic E-state index is 12.0. The number of likely N-dealkylation sites (tertiary alicyclic amines) is 2. The molecule has 0 aromatic rings. The van der Waals surface area contributed by atoms with Crippen LogP contribution in [0.1, 0.15) is 27.2 Å². The van der Waals surface area contributed by atoms with Gasteiger partial charge in [-0.25, -0.2) is 0 Å². The summed E-state index contributed by atoms with van der Waals surface area (Å²) in [5.74, 6) is 0.308. The SMILES string of the molecule is CN1CCC2(C1)CN(C(=O)C(C)(C)C)C2.